The normalized spacial score (nSPS) is 22.2. The second kappa shape index (κ2) is 5.28. The maximum atomic E-state index is 12.5. The van der Waals surface area contributed by atoms with Crippen molar-refractivity contribution in [2.45, 2.75) is 44.7 Å². The summed E-state index contributed by atoms with van der Waals surface area (Å²) in [5.41, 5.74) is 5.51. The van der Waals surface area contributed by atoms with Crippen molar-refractivity contribution >= 4 is 5.91 Å². The first-order chi connectivity index (χ1) is 10.8. The van der Waals surface area contributed by atoms with Gasteiger partial charge in [-0.15, -0.1) is 0 Å². The minimum Gasteiger partial charge on any atom is -0.329 e. The van der Waals surface area contributed by atoms with Crippen molar-refractivity contribution < 1.29 is 4.79 Å². The number of amides is 1. The fourth-order valence-corrected chi connectivity index (χ4v) is 4.30. The molecule has 0 radical (unpaired) electrons. The highest BCUT2D eigenvalue weighted by atomic mass is 16.2. The molecule has 0 saturated carbocycles. The van der Waals surface area contributed by atoms with Gasteiger partial charge in [-0.05, 0) is 47.9 Å². The number of carbonyl (C=O) groups is 1. The first-order valence-corrected chi connectivity index (χ1v) is 8.20. The molecule has 2 aliphatic carbocycles. The van der Waals surface area contributed by atoms with Gasteiger partial charge in [0.2, 0.25) is 5.91 Å². The molecular formula is C20H21NO. The maximum Gasteiger partial charge on any atom is 0.220 e. The molecule has 2 heteroatoms. The molecule has 0 N–H and O–H groups in total. The van der Waals surface area contributed by atoms with Gasteiger partial charge in [0.1, 0.15) is 0 Å². The Morgan fingerprint density at radius 3 is 1.77 bits per heavy atom. The van der Waals surface area contributed by atoms with Crippen LogP contribution in [0.25, 0.3) is 0 Å². The van der Waals surface area contributed by atoms with Gasteiger partial charge in [-0.1, -0.05) is 48.5 Å². The van der Waals surface area contributed by atoms with Gasteiger partial charge in [0.05, 0.1) is 12.1 Å². The van der Waals surface area contributed by atoms with Crippen LogP contribution >= 0.6 is 0 Å². The summed E-state index contributed by atoms with van der Waals surface area (Å²) in [6.07, 6.45) is 4.27. The molecule has 2 nitrogen and oxygen atoms in total. The summed E-state index contributed by atoms with van der Waals surface area (Å²) in [4.78, 5) is 14.6. The fraction of sp³-hybridized carbons (Fsp3) is 0.350. The maximum absolute atomic E-state index is 12.5. The van der Waals surface area contributed by atoms with Crippen molar-refractivity contribution in [1.29, 1.82) is 0 Å². The summed E-state index contributed by atoms with van der Waals surface area (Å²) in [5.74, 6) is 0.198. The van der Waals surface area contributed by atoms with Crippen molar-refractivity contribution in [3.8, 4) is 0 Å². The van der Waals surface area contributed by atoms with Gasteiger partial charge in [-0.2, -0.15) is 0 Å². The molecule has 2 aliphatic rings. The van der Waals surface area contributed by atoms with Crippen molar-refractivity contribution in [2.75, 3.05) is 0 Å². The predicted molar refractivity (Wildman–Crippen MR) is 87.5 cm³/mol. The molecule has 2 unspecified atom stereocenters. The van der Waals surface area contributed by atoms with Crippen molar-refractivity contribution in [3.05, 3.63) is 70.8 Å². The van der Waals surface area contributed by atoms with Crippen LogP contribution in [0.5, 0.6) is 0 Å². The number of rotatable bonds is 2. The molecule has 0 aromatic heterocycles. The molecular weight excluding hydrogens is 270 g/mol. The SMILES string of the molecule is CC(=O)N(C1CCc2ccccc21)C1CCc2ccccc21. The molecule has 4 rings (SSSR count). The Kier molecular flexibility index (Phi) is 3.25. The van der Waals surface area contributed by atoms with E-state index in [1.54, 1.807) is 6.92 Å². The molecule has 0 fully saturated rings. The Labute approximate surface area is 131 Å². The summed E-state index contributed by atoms with van der Waals surface area (Å²) in [6.45, 7) is 1.72. The van der Waals surface area contributed by atoms with Gasteiger partial charge >= 0.3 is 0 Å². The zero-order valence-electron chi connectivity index (χ0n) is 13.0. The molecule has 0 saturated heterocycles. The van der Waals surface area contributed by atoms with E-state index >= 15 is 0 Å². The van der Waals surface area contributed by atoms with E-state index in [0.717, 1.165) is 25.7 Å². The Bertz CT molecular complexity index is 666. The Morgan fingerprint density at radius 2 is 1.32 bits per heavy atom. The van der Waals surface area contributed by atoms with E-state index < -0.39 is 0 Å². The monoisotopic (exact) mass is 291 g/mol. The summed E-state index contributed by atoms with van der Waals surface area (Å²) >= 11 is 0. The molecule has 22 heavy (non-hydrogen) atoms. The standard InChI is InChI=1S/C20H21NO/c1-14(22)21(19-12-10-15-6-2-4-8-17(15)19)20-13-11-16-7-3-5-9-18(16)20/h2-9,19-20H,10-13H2,1H3. The lowest BCUT2D eigenvalue weighted by Gasteiger charge is -2.35. The van der Waals surface area contributed by atoms with Crippen LogP contribution in [0.3, 0.4) is 0 Å². The van der Waals surface area contributed by atoms with E-state index in [1.807, 2.05) is 0 Å². The van der Waals surface area contributed by atoms with Gasteiger partial charge < -0.3 is 4.90 Å². The zero-order chi connectivity index (χ0) is 15.1. The minimum atomic E-state index is 0.198. The largest absolute Gasteiger partial charge is 0.329 e. The molecule has 0 aliphatic heterocycles. The smallest absolute Gasteiger partial charge is 0.220 e. The summed E-state index contributed by atoms with van der Waals surface area (Å²) in [7, 11) is 0. The Hall–Kier alpha value is -2.09. The summed E-state index contributed by atoms with van der Waals surface area (Å²) in [6, 6.07) is 17.7. The Balaban J connectivity index is 1.74. The zero-order valence-corrected chi connectivity index (χ0v) is 13.0. The van der Waals surface area contributed by atoms with E-state index in [-0.39, 0.29) is 18.0 Å². The topological polar surface area (TPSA) is 20.3 Å². The average molecular weight is 291 g/mol. The molecule has 1 amide bonds. The molecule has 0 spiro atoms. The van der Waals surface area contributed by atoms with Crippen molar-refractivity contribution in [2.24, 2.45) is 0 Å². The van der Waals surface area contributed by atoms with Gasteiger partial charge in [0.15, 0.2) is 0 Å². The van der Waals surface area contributed by atoms with Crippen LogP contribution in [0.1, 0.15) is 54.1 Å². The fourth-order valence-electron chi connectivity index (χ4n) is 4.30. The number of benzene rings is 2. The first kappa shape index (κ1) is 13.6. The highest BCUT2D eigenvalue weighted by Gasteiger charge is 2.37. The molecule has 0 bridgehead atoms. The van der Waals surface area contributed by atoms with Gasteiger partial charge in [-0.25, -0.2) is 0 Å². The summed E-state index contributed by atoms with van der Waals surface area (Å²) < 4.78 is 0. The number of fused-ring (bicyclic) bond motifs is 2. The molecule has 112 valence electrons. The number of nitrogens with zero attached hydrogens (tertiary/aromatic N) is 1. The van der Waals surface area contributed by atoms with Gasteiger partial charge in [0, 0.05) is 6.92 Å². The van der Waals surface area contributed by atoms with Crippen molar-refractivity contribution in [3.63, 3.8) is 0 Å². The Morgan fingerprint density at radius 1 is 0.864 bits per heavy atom. The van der Waals surface area contributed by atoms with E-state index in [9.17, 15) is 4.79 Å². The van der Waals surface area contributed by atoms with E-state index in [0.29, 0.717) is 0 Å². The first-order valence-electron chi connectivity index (χ1n) is 8.20. The third kappa shape index (κ3) is 2.06. The average Bonchev–Trinajstić information content (AvgIpc) is 3.13. The predicted octanol–water partition coefficient (Wildman–Crippen LogP) is 4.21. The number of hydrogen-bond acceptors (Lipinski definition) is 1. The summed E-state index contributed by atoms with van der Waals surface area (Å²) in [5, 5.41) is 0. The lowest BCUT2D eigenvalue weighted by Crippen LogP contribution is -2.35. The van der Waals surface area contributed by atoms with Crippen molar-refractivity contribution in [1.82, 2.24) is 4.90 Å². The van der Waals surface area contributed by atoms with Crippen LogP contribution in [0.15, 0.2) is 48.5 Å². The van der Waals surface area contributed by atoms with E-state index in [4.69, 9.17) is 0 Å². The van der Waals surface area contributed by atoms with Gasteiger partial charge in [0.25, 0.3) is 0 Å². The van der Waals surface area contributed by atoms with Crippen LogP contribution in [0.4, 0.5) is 0 Å². The van der Waals surface area contributed by atoms with E-state index in [2.05, 4.69) is 53.4 Å². The molecule has 2 aromatic carbocycles. The quantitative estimate of drug-likeness (QED) is 0.811. The van der Waals surface area contributed by atoms with E-state index in [1.165, 1.54) is 22.3 Å². The number of aryl methyl sites for hydroxylation is 2. The van der Waals surface area contributed by atoms with Crippen LogP contribution in [0.2, 0.25) is 0 Å². The number of hydrogen-bond donors (Lipinski definition) is 0. The van der Waals surface area contributed by atoms with Crippen LogP contribution in [-0.2, 0) is 17.6 Å². The van der Waals surface area contributed by atoms with Crippen LogP contribution < -0.4 is 0 Å². The third-order valence-corrected chi connectivity index (χ3v) is 5.24. The molecule has 2 atom stereocenters. The highest BCUT2D eigenvalue weighted by molar-refractivity contribution is 5.75. The number of carbonyl (C=O) groups excluding carboxylic acids is 1. The third-order valence-electron chi connectivity index (χ3n) is 5.24. The second-order valence-corrected chi connectivity index (χ2v) is 6.43. The second-order valence-electron chi connectivity index (χ2n) is 6.43. The van der Waals surface area contributed by atoms with Crippen LogP contribution in [0, 0.1) is 0 Å². The molecule has 2 aromatic rings. The molecule has 0 heterocycles. The lowest BCUT2D eigenvalue weighted by molar-refractivity contribution is -0.134. The lowest BCUT2D eigenvalue weighted by atomic mass is 10.0. The van der Waals surface area contributed by atoms with Gasteiger partial charge in [-0.3, -0.25) is 4.79 Å². The van der Waals surface area contributed by atoms with Crippen LogP contribution in [-0.4, -0.2) is 10.8 Å². The highest BCUT2D eigenvalue weighted by Crippen LogP contribution is 2.44. The minimum absolute atomic E-state index is 0.198.